The number of thioether (sulfide) groups is 1. The van der Waals surface area contributed by atoms with Crippen LogP contribution in [0.2, 0.25) is 10.0 Å². The Bertz CT molecular complexity index is 1360. The number of hydrogen-bond donors (Lipinski definition) is 1. The summed E-state index contributed by atoms with van der Waals surface area (Å²) in [6.45, 7) is 0. The summed E-state index contributed by atoms with van der Waals surface area (Å²) in [4.78, 5) is 30.1. The topological polar surface area (TPSA) is 64.0 Å². The highest BCUT2D eigenvalue weighted by molar-refractivity contribution is 7.99. The number of nitrogens with one attached hydrogen (secondary N) is 1. The molecule has 0 spiro atoms. The number of aromatic nitrogens is 2. The molecule has 4 aromatic rings. The van der Waals surface area contributed by atoms with Crippen molar-refractivity contribution in [2.24, 2.45) is 0 Å². The van der Waals surface area contributed by atoms with Crippen LogP contribution in [0, 0.1) is 5.82 Å². The molecule has 0 aliphatic rings. The van der Waals surface area contributed by atoms with E-state index in [0.29, 0.717) is 21.6 Å². The van der Waals surface area contributed by atoms with Crippen molar-refractivity contribution in [1.29, 1.82) is 0 Å². The third kappa shape index (κ3) is 4.44. The lowest BCUT2D eigenvalue weighted by Crippen LogP contribution is -2.23. The maximum atomic E-state index is 14.5. The number of para-hydroxylation sites is 2. The van der Waals surface area contributed by atoms with Crippen LogP contribution in [0.15, 0.2) is 76.7 Å². The number of fused-ring (bicyclic) bond motifs is 1. The summed E-state index contributed by atoms with van der Waals surface area (Å²) in [5, 5.41) is 3.77. The van der Waals surface area contributed by atoms with Gasteiger partial charge in [0.25, 0.3) is 5.56 Å². The molecule has 0 bridgehead atoms. The second kappa shape index (κ2) is 9.09. The van der Waals surface area contributed by atoms with Gasteiger partial charge in [0.15, 0.2) is 5.16 Å². The van der Waals surface area contributed by atoms with Crippen molar-refractivity contribution in [2.75, 3.05) is 11.1 Å². The van der Waals surface area contributed by atoms with Gasteiger partial charge in [0.05, 0.1) is 38.1 Å². The van der Waals surface area contributed by atoms with E-state index in [2.05, 4.69) is 10.3 Å². The molecular weight excluding hydrogens is 460 g/mol. The molecule has 0 unspecified atom stereocenters. The monoisotopic (exact) mass is 473 g/mol. The Balaban J connectivity index is 1.69. The van der Waals surface area contributed by atoms with Crippen molar-refractivity contribution >= 4 is 57.5 Å². The van der Waals surface area contributed by atoms with Crippen molar-refractivity contribution in [2.45, 2.75) is 5.16 Å². The summed E-state index contributed by atoms with van der Waals surface area (Å²) in [5.41, 5.74) is 0.474. The van der Waals surface area contributed by atoms with Crippen LogP contribution in [0.5, 0.6) is 0 Å². The number of rotatable bonds is 5. The van der Waals surface area contributed by atoms with E-state index in [9.17, 15) is 14.0 Å². The number of carbonyl (C=O) groups is 1. The molecule has 1 aromatic heterocycles. The number of hydrogen-bond acceptors (Lipinski definition) is 4. The molecule has 3 aromatic carbocycles. The molecule has 5 nitrogen and oxygen atoms in total. The van der Waals surface area contributed by atoms with Gasteiger partial charge in [0, 0.05) is 0 Å². The fourth-order valence-electron chi connectivity index (χ4n) is 2.97. The van der Waals surface area contributed by atoms with Crippen molar-refractivity contribution in [3.05, 3.63) is 92.9 Å². The summed E-state index contributed by atoms with van der Waals surface area (Å²) in [7, 11) is 0. The molecule has 0 aliphatic carbocycles. The zero-order chi connectivity index (χ0) is 22.0. The third-order valence-electron chi connectivity index (χ3n) is 4.40. The molecule has 0 radical (unpaired) electrons. The van der Waals surface area contributed by atoms with Crippen LogP contribution in [0.25, 0.3) is 16.6 Å². The highest BCUT2D eigenvalue weighted by atomic mass is 35.5. The van der Waals surface area contributed by atoms with Crippen LogP contribution in [0.1, 0.15) is 0 Å². The summed E-state index contributed by atoms with van der Waals surface area (Å²) in [6.07, 6.45) is 0. The average Bonchev–Trinajstić information content (AvgIpc) is 2.76. The van der Waals surface area contributed by atoms with E-state index >= 15 is 0 Å². The van der Waals surface area contributed by atoms with Crippen LogP contribution in [-0.2, 0) is 4.79 Å². The van der Waals surface area contributed by atoms with Crippen LogP contribution in [0.3, 0.4) is 0 Å². The standard InChI is InChI=1S/C22H14Cl2FN3O2S/c23-14-7-5-10-17(20(14)24)26-19(29)12-31-22-27-16-9-3-1-6-13(16)21(30)28(22)18-11-4-2-8-15(18)25/h1-11H,12H2,(H,26,29). The number of carbonyl (C=O) groups excluding carboxylic acids is 1. The fourth-order valence-corrected chi connectivity index (χ4v) is 4.12. The van der Waals surface area contributed by atoms with Crippen molar-refractivity contribution in [1.82, 2.24) is 9.55 Å². The summed E-state index contributed by atoms with van der Waals surface area (Å²) in [5.74, 6) is -1.03. The van der Waals surface area contributed by atoms with Gasteiger partial charge in [-0.15, -0.1) is 0 Å². The van der Waals surface area contributed by atoms with Crippen molar-refractivity contribution in [3.63, 3.8) is 0 Å². The maximum Gasteiger partial charge on any atom is 0.266 e. The van der Waals surface area contributed by atoms with Gasteiger partial charge in [-0.1, -0.05) is 65.3 Å². The second-order valence-corrected chi connectivity index (χ2v) is 8.17. The predicted molar refractivity (Wildman–Crippen MR) is 123 cm³/mol. The highest BCUT2D eigenvalue weighted by Crippen LogP contribution is 2.30. The van der Waals surface area contributed by atoms with Crippen molar-refractivity contribution in [3.8, 4) is 5.69 Å². The van der Waals surface area contributed by atoms with Crippen LogP contribution < -0.4 is 10.9 Å². The van der Waals surface area contributed by atoms with Crippen molar-refractivity contribution < 1.29 is 9.18 Å². The Kier molecular flexibility index (Phi) is 6.27. The molecule has 31 heavy (non-hydrogen) atoms. The molecule has 4 rings (SSSR count). The molecule has 9 heteroatoms. The van der Waals surface area contributed by atoms with Gasteiger partial charge in [-0.05, 0) is 36.4 Å². The molecule has 1 amide bonds. The molecule has 0 atom stereocenters. The summed E-state index contributed by atoms with van der Waals surface area (Å²) in [6, 6.07) is 17.6. The lowest BCUT2D eigenvalue weighted by molar-refractivity contribution is -0.113. The number of anilines is 1. The predicted octanol–water partition coefficient (Wildman–Crippen LogP) is 5.56. The van der Waals surface area contributed by atoms with Crippen LogP contribution in [-0.4, -0.2) is 21.2 Å². The Morgan fingerprint density at radius 2 is 1.77 bits per heavy atom. The van der Waals surface area contributed by atoms with Gasteiger partial charge in [0.1, 0.15) is 5.82 Å². The Hall–Kier alpha value is -2.87. The normalized spacial score (nSPS) is 10.9. The van der Waals surface area contributed by atoms with Gasteiger partial charge in [-0.25, -0.2) is 9.37 Å². The summed E-state index contributed by atoms with van der Waals surface area (Å²) < 4.78 is 15.7. The van der Waals surface area contributed by atoms with Gasteiger partial charge >= 0.3 is 0 Å². The van der Waals surface area contributed by atoms with Gasteiger partial charge in [0.2, 0.25) is 5.91 Å². The zero-order valence-corrected chi connectivity index (χ0v) is 18.1. The van der Waals surface area contributed by atoms with E-state index in [1.807, 2.05) is 0 Å². The van der Waals surface area contributed by atoms with E-state index < -0.39 is 11.4 Å². The quantitative estimate of drug-likeness (QED) is 0.304. The first-order valence-corrected chi connectivity index (χ1v) is 10.8. The first kappa shape index (κ1) is 21.4. The van der Waals surface area contributed by atoms with E-state index in [-0.39, 0.29) is 27.5 Å². The highest BCUT2D eigenvalue weighted by Gasteiger charge is 2.17. The van der Waals surface area contributed by atoms with E-state index in [1.165, 1.54) is 22.8 Å². The smallest absolute Gasteiger partial charge is 0.266 e. The molecule has 156 valence electrons. The van der Waals surface area contributed by atoms with E-state index in [1.54, 1.807) is 48.5 Å². The van der Waals surface area contributed by atoms with Crippen LogP contribution >= 0.6 is 35.0 Å². The van der Waals surface area contributed by atoms with Crippen LogP contribution in [0.4, 0.5) is 10.1 Å². The summed E-state index contributed by atoms with van der Waals surface area (Å²) >= 11 is 13.1. The van der Waals surface area contributed by atoms with Gasteiger partial charge in [-0.3, -0.25) is 14.2 Å². The Labute approximate surface area is 190 Å². The first-order valence-electron chi connectivity index (χ1n) is 9.09. The van der Waals surface area contributed by atoms with Gasteiger partial charge < -0.3 is 5.32 Å². The largest absolute Gasteiger partial charge is 0.324 e. The number of benzene rings is 3. The Morgan fingerprint density at radius 3 is 2.58 bits per heavy atom. The first-order chi connectivity index (χ1) is 15.0. The molecule has 1 N–H and O–H groups in total. The third-order valence-corrected chi connectivity index (χ3v) is 6.15. The minimum absolute atomic E-state index is 0.0616. The number of amides is 1. The molecule has 0 fully saturated rings. The SMILES string of the molecule is O=C(CSc1nc2ccccc2c(=O)n1-c1ccccc1F)Nc1cccc(Cl)c1Cl. The minimum atomic E-state index is -0.571. The maximum absolute atomic E-state index is 14.5. The number of nitrogens with zero attached hydrogens (tertiary/aromatic N) is 2. The lowest BCUT2D eigenvalue weighted by Gasteiger charge is -2.14. The Morgan fingerprint density at radius 1 is 1.03 bits per heavy atom. The lowest BCUT2D eigenvalue weighted by atomic mass is 10.2. The fraction of sp³-hybridized carbons (Fsp3) is 0.0455. The minimum Gasteiger partial charge on any atom is -0.324 e. The molecule has 0 saturated heterocycles. The van der Waals surface area contributed by atoms with E-state index in [4.69, 9.17) is 23.2 Å². The average molecular weight is 474 g/mol. The van der Waals surface area contributed by atoms with Gasteiger partial charge in [-0.2, -0.15) is 0 Å². The molecule has 0 saturated carbocycles. The number of halogens is 3. The molecule has 1 heterocycles. The molecule has 0 aliphatic heterocycles. The van der Waals surface area contributed by atoms with E-state index in [0.717, 1.165) is 11.8 Å². The zero-order valence-electron chi connectivity index (χ0n) is 15.8. The molecular formula is C22H14Cl2FN3O2S. The second-order valence-electron chi connectivity index (χ2n) is 6.44.